The van der Waals surface area contributed by atoms with E-state index in [0.717, 1.165) is 12.2 Å². The van der Waals surface area contributed by atoms with Crippen molar-refractivity contribution < 1.29 is 84.2 Å². The van der Waals surface area contributed by atoms with E-state index >= 15 is 0 Å². The van der Waals surface area contributed by atoms with Crippen LogP contribution in [0.15, 0.2) is 115 Å². The average Bonchev–Trinajstić information content (AvgIpc) is 3.31. The van der Waals surface area contributed by atoms with E-state index in [9.17, 15) is 55.7 Å². The molecule has 6 N–H and O–H groups in total. The zero-order chi connectivity index (χ0) is 51.9. The Morgan fingerprint density at radius 2 is 1.00 bits per heavy atom. The molecule has 0 spiro atoms. The second kappa shape index (κ2) is 24.1. The normalized spacial score (nSPS) is 12.4. The van der Waals surface area contributed by atoms with Crippen LogP contribution in [0.25, 0.3) is 12.2 Å². The Labute approximate surface area is 403 Å². The second-order valence-electron chi connectivity index (χ2n) is 15.7. The number of carbonyl (C=O) groups excluding carboxylic acids is 4. The fraction of sp³-hybridized carbons (Fsp3) is 0.255. The van der Waals surface area contributed by atoms with Crippen molar-refractivity contribution in [2.24, 2.45) is 0 Å². The van der Waals surface area contributed by atoms with Crippen molar-refractivity contribution >= 4 is 47.0 Å². The predicted molar refractivity (Wildman–Crippen MR) is 248 cm³/mol. The minimum atomic E-state index is -4.32. The number of carbonyl (C=O) groups is 4. The standard InChI is InChI=1S/C51H48F6N2O12/c1-66-44-27-33(11-18-42(44)68-23-3-21-49(52,53)54)47(62)70-39-14-6-31(7-15-39)5-13-38(60)30-41(35-25-36(58)29-37(59)26-35)51(64,65)46(61)20-10-32-8-16-40(17-9-32)71-48(63)34-12-19-43(45(28-34)67-2)69-24-4-22-50(55,56)57/h5-20,25-29,41,64-65H,3-4,21-24,30,58-59H2,1-2H3/b13-5+,20-10+. The fourth-order valence-corrected chi connectivity index (χ4v) is 6.68. The summed E-state index contributed by atoms with van der Waals surface area (Å²) in [5.74, 6) is -7.47. The first-order valence-electron chi connectivity index (χ1n) is 21.5. The molecule has 1 atom stereocenters. The van der Waals surface area contributed by atoms with Gasteiger partial charge in [0.1, 0.15) is 11.5 Å². The highest BCUT2D eigenvalue weighted by Gasteiger charge is 2.42. The van der Waals surface area contributed by atoms with E-state index in [4.69, 9.17) is 39.9 Å². The number of nitrogen functional groups attached to an aromatic ring is 2. The molecule has 0 saturated carbocycles. The fourth-order valence-electron chi connectivity index (χ4n) is 6.68. The van der Waals surface area contributed by atoms with Crippen molar-refractivity contribution in [1.82, 2.24) is 0 Å². The van der Waals surface area contributed by atoms with E-state index in [1.807, 2.05) is 0 Å². The first-order valence-corrected chi connectivity index (χ1v) is 21.5. The van der Waals surface area contributed by atoms with Crippen molar-refractivity contribution in [3.63, 3.8) is 0 Å². The van der Waals surface area contributed by atoms with Gasteiger partial charge in [0, 0.05) is 30.6 Å². The summed E-state index contributed by atoms with van der Waals surface area (Å²) in [4.78, 5) is 52.6. The lowest BCUT2D eigenvalue weighted by molar-refractivity contribution is -0.187. The third kappa shape index (κ3) is 16.7. The second-order valence-corrected chi connectivity index (χ2v) is 15.7. The van der Waals surface area contributed by atoms with Crippen LogP contribution in [0, 0.1) is 0 Å². The summed E-state index contributed by atoms with van der Waals surface area (Å²) in [5.41, 5.74) is 13.2. The lowest BCUT2D eigenvalue weighted by Gasteiger charge is -2.29. The minimum absolute atomic E-state index is 0.0467. The van der Waals surface area contributed by atoms with Crippen LogP contribution in [-0.4, -0.2) is 79.3 Å². The van der Waals surface area contributed by atoms with Gasteiger partial charge >= 0.3 is 24.3 Å². The molecule has 0 radical (unpaired) electrons. The van der Waals surface area contributed by atoms with Crippen LogP contribution in [0.4, 0.5) is 37.7 Å². The number of alkyl halides is 6. The minimum Gasteiger partial charge on any atom is -0.493 e. The average molecular weight is 995 g/mol. The van der Waals surface area contributed by atoms with Gasteiger partial charge in [-0.3, -0.25) is 9.59 Å². The Kier molecular flexibility index (Phi) is 18.4. The molecule has 0 aliphatic rings. The van der Waals surface area contributed by atoms with E-state index < -0.39 is 66.8 Å². The number of rotatable bonds is 23. The summed E-state index contributed by atoms with van der Waals surface area (Å²) < 4.78 is 107. The van der Waals surface area contributed by atoms with Crippen LogP contribution in [0.3, 0.4) is 0 Å². The quantitative estimate of drug-likeness (QED) is 0.00912. The largest absolute Gasteiger partial charge is 0.493 e. The number of benzene rings is 5. The molecule has 0 aliphatic heterocycles. The first kappa shape index (κ1) is 54.1. The molecule has 5 aromatic carbocycles. The number of methoxy groups -OCH3 is 2. The van der Waals surface area contributed by atoms with Crippen molar-refractivity contribution in [2.75, 3.05) is 38.9 Å². The summed E-state index contributed by atoms with van der Waals surface area (Å²) in [6, 6.07) is 23.8. The molecule has 0 amide bonds. The molecule has 14 nitrogen and oxygen atoms in total. The number of ketones is 2. The number of ether oxygens (including phenoxy) is 6. The van der Waals surface area contributed by atoms with Gasteiger partial charge in [-0.2, -0.15) is 26.3 Å². The van der Waals surface area contributed by atoms with Crippen LogP contribution >= 0.6 is 0 Å². The van der Waals surface area contributed by atoms with Crippen LogP contribution in [0.5, 0.6) is 34.5 Å². The Balaban J connectivity index is 1.20. The molecule has 0 heterocycles. The van der Waals surface area contributed by atoms with Gasteiger partial charge in [-0.1, -0.05) is 36.4 Å². The van der Waals surface area contributed by atoms with E-state index in [1.165, 1.54) is 129 Å². The molecule has 20 heteroatoms. The molecule has 0 aliphatic carbocycles. The molecule has 5 aromatic rings. The van der Waals surface area contributed by atoms with Crippen LogP contribution in [0.2, 0.25) is 0 Å². The monoisotopic (exact) mass is 994 g/mol. The number of aliphatic hydroxyl groups is 2. The third-order valence-corrected chi connectivity index (χ3v) is 10.2. The highest BCUT2D eigenvalue weighted by Crippen LogP contribution is 2.35. The van der Waals surface area contributed by atoms with Gasteiger partial charge in [-0.25, -0.2) is 9.59 Å². The highest BCUT2D eigenvalue weighted by molar-refractivity contribution is 6.01. The van der Waals surface area contributed by atoms with Crippen LogP contribution in [0.1, 0.15) is 75.4 Å². The van der Waals surface area contributed by atoms with E-state index in [-0.39, 0.29) is 88.6 Å². The molecule has 71 heavy (non-hydrogen) atoms. The maximum absolute atomic E-state index is 13.5. The summed E-state index contributed by atoms with van der Waals surface area (Å²) in [7, 11) is 2.60. The third-order valence-electron chi connectivity index (χ3n) is 10.2. The molecule has 1 unspecified atom stereocenters. The Morgan fingerprint density at radius 3 is 1.41 bits per heavy atom. The number of anilines is 2. The van der Waals surface area contributed by atoms with Gasteiger partial charge in [0.2, 0.25) is 11.6 Å². The first-order chi connectivity index (χ1) is 33.5. The van der Waals surface area contributed by atoms with Crippen molar-refractivity contribution in [1.29, 1.82) is 0 Å². The molecule has 376 valence electrons. The summed E-state index contributed by atoms with van der Waals surface area (Å²) >= 11 is 0. The Morgan fingerprint density at radius 1 is 0.577 bits per heavy atom. The zero-order valence-electron chi connectivity index (χ0n) is 38.1. The molecular weight excluding hydrogens is 947 g/mol. The van der Waals surface area contributed by atoms with Crippen molar-refractivity contribution in [3.8, 4) is 34.5 Å². The summed E-state index contributed by atoms with van der Waals surface area (Å²) in [6.45, 7) is -0.456. The molecule has 0 saturated heterocycles. The zero-order valence-corrected chi connectivity index (χ0v) is 38.1. The molecule has 0 bridgehead atoms. The van der Waals surface area contributed by atoms with Crippen LogP contribution < -0.4 is 39.9 Å². The lowest BCUT2D eigenvalue weighted by Crippen LogP contribution is -2.44. The summed E-state index contributed by atoms with van der Waals surface area (Å²) in [5, 5.41) is 22.7. The number of allylic oxidation sites excluding steroid dienone is 1. The van der Waals surface area contributed by atoms with Gasteiger partial charge in [0.15, 0.2) is 28.8 Å². The Bertz CT molecular complexity index is 2700. The Hall–Kier alpha value is -7.84. The van der Waals surface area contributed by atoms with E-state index in [0.29, 0.717) is 11.1 Å². The molecule has 0 fully saturated rings. The predicted octanol–water partition coefficient (Wildman–Crippen LogP) is 9.47. The SMILES string of the molecule is COc1cc(C(=O)Oc2ccc(/C=C/C(=O)CC(c3cc(N)cc(N)c3)C(O)(O)C(=O)/C=C/c3ccc(OC(=O)c4ccc(OCCCC(F)(F)F)c(OC)c4)cc3)cc2)ccc1OCCCC(F)(F)F. The number of hydrogen-bond acceptors (Lipinski definition) is 14. The van der Waals surface area contributed by atoms with Gasteiger partial charge in [0.25, 0.3) is 0 Å². The van der Waals surface area contributed by atoms with Crippen molar-refractivity contribution in [3.05, 3.63) is 143 Å². The van der Waals surface area contributed by atoms with Crippen molar-refractivity contribution in [2.45, 2.75) is 56.2 Å². The number of nitrogens with two attached hydrogens (primary N) is 2. The van der Waals surface area contributed by atoms with E-state index in [1.54, 1.807) is 0 Å². The molecule has 0 aromatic heterocycles. The smallest absolute Gasteiger partial charge is 0.389 e. The molecular formula is C51H48F6N2O12. The van der Waals surface area contributed by atoms with Gasteiger partial charge in [-0.05, 0) is 121 Å². The maximum Gasteiger partial charge on any atom is 0.389 e. The number of esters is 2. The van der Waals surface area contributed by atoms with Gasteiger partial charge < -0.3 is 50.1 Å². The lowest BCUT2D eigenvalue weighted by atomic mass is 9.83. The highest BCUT2D eigenvalue weighted by atomic mass is 19.4. The van der Waals surface area contributed by atoms with Gasteiger partial charge in [-0.15, -0.1) is 0 Å². The maximum atomic E-state index is 13.5. The number of hydrogen-bond donors (Lipinski definition) is 4. The van der Waals surface area contributed by atoms with E-state index in [2.05, 4.69) is 0 Å². The van der Waals surface area contributed by atoms with Crippen LogP contribution in [-0.2, 0) is 9.59 Å². The molecule has 5 rings (SSSR count). The summed E-state index contributed by atoms with van der Waals surface area (Å²) in [6.07, 6.45) is -7.11. The topological polar surface area (TPSA) is 216 Å². The number of halogens is 6. The van der Waals surface area contributed by atoms with Gasteiger partial charge in [0.05, 0.1) is 44.5 Å².